The van der Waals surface area contributed by atoms with Gasteiger partial charge >= 0.3 is 0 Å². The molecule has 0 saturated carbocycles. The van der Waals surface area contributed by atoms with E-state index in [-0.39, 0.29) is 12.8 Å². The number of rotatable bonds is 47. The van der Waals surface area contributed by atoms with E-state index in [1.54, 1.807) is 0 Å². The Morgan fingerprint density at radius 1 is 0.515 bits per heavy atom. The lowest BCUT2D eigenvalue weighted by Crippen LogP contribution is -2.60. The molecule has 0 bridgehead atoms. The number of aliphatic hydroxyl groups is 7. The lowest BCUT2D eigenvalue weighted by molar-refractivity contribution is -0.303. The van der Waals surface area contributed by atoms with Crippen molar-refractivity contribution in [2.75, 3.05) is 13.2 Å². The van der Waals surface area contributed by atoms with Crippen LogP contribution in [0.4, 0.5) is 0 Å². The zero-order valence-electron chi connectivity index (χ0n) is 42.4. The van der Waals surface area contributed by atoms with E-state index in [0.717, 1.165) is 38.5 Å². The fourth-order valence-electron chi connectivity index (χ4n) is 8.91. The summed E-state index contributed by atoms with van der Waals surface area (Å²) in [4.78, 5) is 13.1. The molecule has 1 heterocycles. The second-order valence-corrected chi connectivity index (χ2v) is 19.6. The van der Waals surface area contributed by atoms with Crippen molar-refractivity contribution < 1.29 is 50.0 Å². The van der Waals surface area contributed by atoms with E-state index in [1.165, 1.54) is 173 Å². The molecule has 0 aromatic carbocycles. The van der Waals surface area contributed by atoms with Crippen LogP contribution in [-0.4, -0.2) is 110 Å². The van der Waals surface area contributed by atoms with E-state index < -0.39 is 74.2 Å². The second kappa shape index (κ2) is 44.8. The largest absolute Gasteiger partial charge is 0.394 e. The van der Waals surface area contributed by atoms with Gasteiger partial charge in [-0.15, -0.1) is 0 Å². The number of amides is 1. The molecule has 9 atom stereocenters. The van der Waals surface area contributed by atoms with Crippen molar-refractivity contribution in [1.82, 2.24) is 5.32 Å². The number of nitrogens with one attached hydrogen (secondary N) is 1. The van der Waals surface area contributed by atoms with E-state index >= 15 is 0 Å². The van der Waals surface area contributed by atoms with Crippen LogP contribution in [0.25, 0.3) is 0 Å². The molecule has 9 unspecified atom stereocenters. The summed E-state index contributed by atoms with van der Waals surface area (Å²) in [5, 5.41) is 75.7. The van der Waals surface area contributed by atoms with Crippen LogP contribution in [0, 0.1) is 0 Å². The molecule has 1 amide bonds. The van der Waals surface area contributed by atoms with Crippen LogP contribution in [0.3, 0.4) is 0 Å². The van der Waals surface area contributed by atoms with E-state index in [1.807, 2.05) is 0 Å². The highest BCUT2D eigenvalue weighted by Crippen LogP contribution is 2.23. The van der Waals surface area contributed by atoms with E-state index in [9.17, 15) is 40.5 Å². The summed E-state index contributed by atoms with van der Waals surface area (Å²) in [6.45, 7) is 3.41. The van der Waals surface area contributed by atoms with Crippen molar-refractivity contribution in [2.45, 2.75) is 306 Å². The number of carbonyl (C=O) groups is 1. The number of unbranched alkanes of at least 4 members (excludes halogenated alkanes) is 31. The number of hydrogen-bond donors (Lipinski definition) is 8. The Balaban J connectivity index is 2.22. The van der Waals surface area contributed by atoms with Gasteiger partial charge in [-0.3, -0.25) is 4.79 Å². The Morgan fingerprint density at radius 3 is 1.30 bits per heavy atom. The van der Waals surface area contributed by atoms with Gasteiger partial charge in [0.25, 0.3) is 0 Å². The fourth-order valence-corrected chi connectivity index (χ4v) is 8.91. The topological polar surface area (TPSA) is 189 Å². The predicted octanol–water partition coefficient (Wildman–Crippen LogP) is 11.0. The van der Waals surface area contributed by atoms with Crippen LogP contribution in [0.15, 0.2) is 24.3 Å². The molecule has 1 aliphatic rings. The van der Waals surface area contributed by atoms with Crippen molar-refractivity contribution >= 4 is 5.91 Å². The molecule has 0 spiro atoms. The first-order chi connectivity index (χ1) is 32.2. The predicted molar refractivity (Wildman–Crippen MR) is 270 cm³/mol. The Kier molecular flexibility index (Phi) is 42.5. The first-order valence-electron chi connectivity index (χ1n) is 27.7. The summed E-state index contributed by atoms with van der Waals surface area (Å²) in [5.41, 5.74) is 0. The first-order valence-corrected chi connectivity index (χ1v) is 27.7. The molecular weight excluding hydrogens is 835 g/mol. The number of hydrogen-bond acceptors (Lipinski definition) is 10. The van der Waals surface area contributed by atoms with Gasteiger partial charge in [-0.1, -0.05) is 212 Å². The van der Waals surface area contributed by atoms with Crippen LogP contribution in [-0.2, 0) is 14.3 Å². The molecule has 1 fully saturated rings. The minimum Gasteiger partial charge on any atom is -0.394 e. The standard InChI is InChI=1S/C55H105NO10/c1-3-5-7-9-11-13-15-16-17-18-19-20-21-22-23-24-25-26-27-28-29-30-31-32-33-35-37-39-41-43-48(59)54(64)56-46(45-65-55-53(63)52(62)51(61)49(44-57)66-55)50(60)47(58)42-40-38-36-34-14-12-10-8-6-4-2/h22-23,34,36,46-53,55,57-63H,3-21,24-33,35,37-45H2,1-2H3,(H,56,64)/b23-22-,36-34+. The maximum atomic E-state index is 13.1. The zero-order chi connectivity index (χ0) is 48.3. The van der Waals surface area contributed by atoms with Crippen molar-refractivity contribution in [2.24, 2.45) is 0 Å². The summed E-state index contributed by atoms with van der Waals surface area (Å²) in [5.74, 6) is -0.706. The lowest BCUT2D eigenvalue weighted by atomic mass is 9.98. The molecule has 0 aromatic heterocycles. The van der Waals surface area contributed by atoms with E-state index in [0.29, 0.717) is 12.8 Å². The van der Waals surface area contributed by atoms with Crippen molar-refractivity contribution in [3.63, 3.8) is 0 Å². The van der Waals surface area contributed by atoms with Gasteiger partial charge in [0, 0.05) is 0 Å². The van der Waals surface area contributed by atoms with E-state index in [4.69, 9.17) is 9.47 Å². The molecule has 0 aromatic rings. The maximum Gasteiger partial charge on any atom is 0.249 e. The Labute approximate surface area is 404 Å². The highest BCUT2D eigenvalue weighted by molar-refractivity contribution is 5.80. The highest BCUT2D eigenvalue weighted by Gasteiger charge is 2.44. The smallest absolute Gasteiger partial charge is 0.249 e. The third-order valence-electron chi connectivity index (χ3n) is 13.5. The van der Waals surface area contributed by atoms with Gasteiger partial charge in [0.2, 0.25) is 5.91 Å². The van der Waals surface area contributed by atoms with Gasteiger partial charge in [-0.25, -0.2) is 0 Å². The Bertz CT molecular complexity index is 1120. The number of allylic oxidation sites excluding steroid dienone is 4. The van der Waals surface area contributed by atoms with Gasteiger partial charge in [-0.05, 0) is 64.2 Å². The molecular formula is C55H105NO10. The Morgan fingerprint density at radius 2 is 0.894 bits per heavy atom. The molecule has 11 nitrogen and oxygen atoms in total. The molecule has 0 radical (unpaired) electrons. The minimum absolute atomic E-state index is 0.255. The van der Waals surface area contributed by atoms with Gasteiger partial charge in [0.1, 0.15) is 36.6 Å². The monoisotopic (exact) mass is 940 g/mol. The van der Waals surface area contributed by atoms with Crippen molar-refractivity contribution in [3.8, 4) is 0 Å². The first kappa shape index (κ1) is 62.6. The quantitative estimate of drug-likeness (QED) is 0.0215. The van der Waals surface area contributed by atoms with Crippen LogP contribution >= 0.6 is 0 Å². The summed E-state index contributed by atoms with van der Waals surface area (Å²) < 4.78 is 11.1. The van der Waals surface area contributed by atoms with Crippen LogP contribution in [0.5, 0.6) is 0 Å². The third-order valence-corrected chi connectivity index (χ3v) is 13.5. The average Bonchev–Trinajstić information content (AvgIpc) is 3.32. The average molecular weight is 940 g/mol. The molecule has 1 rings (SSSR count). The fraction of sp³-hybridized carbons (Fsp3) is 0.909. The van der Waals surface area contributed by atoms with Gasteiger partial charge in [-0.2, -0.15) is 0 Å². The number of aliphatic hydroxyl groups excluding tert-OH is 7. The van der Waals surface area contributed by atoms with Gasteiger partial charge in [0.05, 0.1) is 25.4 Å². The van der Waals surface area contributed by atoms with Crippen LogP contribution in [0.2, 0.25) is 0 Å². The van der Waals surface area contributed by atoms with E-state index in [2.05, 4.69) is 43.5 Å². The summed E-state index contributed by atoms with van der Waals surface area (Å²) in [6.07, 6.45) is 41.2. The Hall–Kier alpha value is -1.41. The molecule has 0 aliphatic carbocycles. The number of ether oxygens (including phenoxy) is 2. The molecule has 11 heteroatoms. The third kappa shape index (κ3) is 33.2. The van der Waals surface area contributed by atoms with Crippen molar-refractivity contribution in [3.05, 3.63) is 24.3 Å². The molecule has 8 N–H and O–H groups in total. The summed E-state index contributed by atoms with van der Waals surface area (Å²) in [6, 6.07) is -1.18. The summed E-state index contributed by atoms with van der Waals surface area (Å²) in [7, 11) is 0. The number of carbonyl (C=O) groups excluding carboxylic acids is 1. The zero-order valence-corrected chi connectivity index (χ0v) is 42.4. The summed E-state index contributed by atoms with van der Waals surface area (Å²) >= 11 is 0. The maximum absolute atomic E-state index is 13.1. The molecule has 1 saturated heterocycles. The van der Waals surface area contributed by atoms with Crippen LogP contribution < -0.4 is 5.32 Å². The minimum atomic E-state index is -1.67. The lowest BCUT2D eigenvalue weighted by Gasteiger charge is -2.40. The van der Waals surface area contributed by atoms with Crippen molar-refractivity contribution in [1.29, 1.82) is 0 Å². The van der Waals surface area contributed by atoms with Gasteiger partial charge < -0.3 is 50.5 Å². The normalized spacial score (nSPS) is 20.9. The second-order valence-electron chi connectivity index (χ2n) is 19.6. The molecule has 1 aliphatic heterocycles. The molecule has 390 valence electrons. The SMILES string of the molecule is CCCCCCC/C=C/CCCC(O)C(O)C(COC1OC(CO)C(O)C(O)C1O)NC(=O)C(O)CCCCCCCCCCCCCCC/C=C\CCCCCCCCCCCCCC. The van der Waals surface area contributed by atoms with Gasteiger partial charge in [0.15, 0.2) is 6.29 Å². The van der Waals surface area contributed by atoms with Crippen LogP contribution in [0.1, 0.15) is 251 Å². The highest BCUT2D eigenvalue weighted by atomic mass is 16.7. The molecule has 66 heavy (non-hydrogen) atoms.